The molecule has 0 heterocycles. The van der Waals surface area contributed by atoms with E-state index in [-0.39, 0.29) is 5.91 Å². The molecular weight excluding hydrogens is 528 g/mol. The number of nitrogens with one attached hydrogen (secondary N) is 2. The van der Waals surface area contributed by atoms with Crippen LogP contribution in [0.15, 0.2) is 54.1 Å². The molecule has 1 aliphatic rings. The molecule has 3 rings (SSSR count). The van der Waals surface area contributed by atoms with Gasteiger partial charge in [-0.2, -0.15) is 11.8 Å². The van der Waals surface area contributed by atoms with Gasteiger partial charge in [0.25, 0.3) is 5.91 Å². The lowest BCUT2D eigenvalue weighted by Gasteiger charge is -2.27. The van der Waals surface area contributed by atoms with Gasteiger partial charge in [-0.15, -0.1) is 0 Å². The van der Waals surface area contributed by atoms with Crippen LogP contribution in [-0.2, 0) is 11.3 Å². The Labute approximate surface area is 252 Å². The lowest BCUT2D eigenvalue weighted by atomic mass is 9.83. The van der Waals surface area contributed by atoms with Crippen LogP contribution in [-0.4, -0.2) is 41.1 Å². The lowest BCUT2D eigenvalue weighted by Crippen LogP contribution is -2.41. The number of hydrogen-bond donors (Lipinski definition) is 3. The van der Waals surface area contributed by atoms with Crippen LogP contribution in [0.5, 0.6) is 0 Å². The maximum atomic E-state index is 13.4. The number of unbranched alkanes of at least 4 members (excludes halogenated alkanes) is 1. The Morgan fingerprint density at radius 1 is 1.05 bits per heavy atom. The highest BCUT2D eigenvalue weighted by Gasteiger charge is 2.23. The van der Waals surface area contributed by atoms with Crippen LogP contribution < -0.4 is 10.6 Å². The molecule has 6 heteroatoms. The van der Waals surface area contributed by atoms with Crippen molar-refractivity contribution in [3.63, 3.8) is 0 Å². The number of rotatable bonds is 16. The summed E-state index contributed by atoms with van der Waals surface area (Å²) in [7, 11) is 0. The maximum absolute atomic E-state index is 13.4. The van der Waals surface area contributed by atoms with Gasteiger partial charge >= 0.3 is 5.97 Å². The van der Waals surface area contributed by atoms with Crippen LogP contribution in [0.1, 0.15) is 99.5 Å². The fourth-order valence-corrected chi connectivity index (χ4v) is 6.34. The molecule has 1 fully saturated rings. The molecule has 1 saturated carbocycles. The largest absolute Gasteiger partial charge is 0.480 e. The number of aliphatic carboxylic acids is 1. The fourth-order valence-electron chi connectivity index (χ4n) is 5.87. The molecule has 0 radical (unpaired) electrons. The first-order valence-corrected chi connectivity index (χ1v) is 16.8. The Morgan fingerprint density at radius 2 is 1.80 bits per heavy atom. The second-order valence-electron chi connectivity index (χ2n) is 11.9. The molecule has 1 aliphatic carbocycles. The zero-order chi connectivity index (χ0) is 29.6. The average molecular weight is 579 g/mol. The molecule has 2 aromatic carbocycles. The van der Waals surface area contributed by atoms with Crippen molar-refractivity contribution in [3.8, 4) is 11.1 Å². The van der Waals surface area contributed by atoms with Crippen molar-refractivity contribution in [2.75, 3.05) is 12.0 Å². The molecular formula is C35H50N2O3S. The third-order valence-electron chi connectivity index (χ3n) is 8.22. The second kappa shape index (κ2) is 17.4. The summed E-state index contributed by atoms with van der Waals surface area (Å²) in [4.78, 5) is 25.2. The van der Waals surface area contributed by atoms with E-state index in [4.69, 9.17) is 0 Å². The third kappa shape index (κ3) is 11.0. The van der Waals surface area contributed by atoms with E-state index in [2.05, 4.69) is 36.6 Å². The predicted molar refractivity (Wildman–Crippen MR) is 174 cm³/mol. The predicted octanol–water partition coefficient (Wildman–Crippen LogP) is 8.16. The molecule has 0 saturated heterocycles. The number of allylic oxidation sites excluding steroid dienone is 2. The summed E-state index contributed by atoms with van der Waals surface area (Å²) >= 11 is 1.58. The van der Waals surface area contributed by atoms with Crippen molar-refractivity contribution >= 4 is 23.6 Å². The molecule has 0 aliphatic heterocycles. The summed E-state index contributed by atoms with van der Waals surface area (Å²) in [6, 6.07) is 13.6. The quantitative estimate of drug-likeness (QED) is 0.138. The van der Waals surface area contributed by atoms with E-state index in [9.17, 15) is 14.7 Å². The van der Waals surface area contributed by atoms with Gasteiger partial charge in [-0.25, -0.2) is 4.79 Å². The summed E-state index contributed by atoms with van der Waals surface area (Å²) in [6.45, 7) is 7.12. The zero-order valence-electron chi connectivity index (χ0n) is 25.5. The van der Waals surface area contributed by atoms with E-state index in [1.807, 2.05) is 49.6 Å². The number of aryl methyl sites for hydroxylation is 1. The third-order valence-corrected chi connectivity index (χ3v) is 8.87. The molecule has 224 valence electrons. The second-order valence-corrected chi connectivity index (χ2v) is 12.9. The monoisotopic (exact) mass is 578 g/mol. The smallest absolute Gasteiger partial charge is 0.326 e. The first-order valence-electron chi connectivity index (χ1n) is 15.4. The maximum Gasteiger partial charge on any atom is 0.326 e. The van der Waals surface area contributed by atoms with Crippen LogP contribution in [0, 0.1) is 12.8 Å². The van der Waals surface area contributed by atoms with Gasteiger partial charge in [-0.1, -0.05) is 74.1 Å². The van der Waals surface area contributed by atoms with Crippen molar-refractivity contribution in [2.45, 2.75) is 104 Å². The number of hydrogen-bond acceptors (Lipinski definition) is 4. The van der Waals surface area contributed by atoms with Crippen LogP contribution >= 0.6 is 11.8 Å². The van der Waals surface area contributed by atoms with Gasteiger partial charge in [0.15, 0.2) is 0 Å². The summed E-state index contributed by atoms with van der Waals surface area (Å²) < 4.78 is 0. The highest BCUT2D eigenvalue weighted by atomic mass is 32.2. The van der Waals surface area contributed by atoms with E-state index < -0.39 is 12.0 Å². The van der Waals surface area contributed by atoms with Crippen LogP contribution in [0.3, 0.4) is 0 Å². The molecule has 0 bridgehead atoms. The van der Waals surface area contributed by atoms with E-state index in [0.717, 1.165) is 47.6 Å². The average Bonchev–Trinajstić information content (AvgIpc) is 2.96. The Balaban J connectivity index is 1.81. The van der Waals surface area contributed by atoms with Gasteiger partial charge in [-0.05, 0) is 105 Å². The molecule has 0 spiro atoms. The minimum atomic E-state index is -1.00. The van der Waals surface area contributed by atoms with Gasteiger partial charge < -0.3 is 15.7 Å². The van der Waals surface area contributed by atoms with Crippen molar-refractivity contribution in [3.05, 3.63) is 70.8 Å². The Hall–Kier alpha value is -2.57. The molecule has 0 aromatic heterocycles. The van der Waals surface area contributed by atoms with Crippen LogP contribution in [0.25, 0.3) is 11.1 Å². The highest BCUT2D eigenvalue weighted by molar-refractivity contribution is 7.98. The van der Waals surface area contributed by atoms with Gasteiger partial charge in [0.1, 0.15) is 6.04 Å². The zero-order valence-corrected chi connectivity index (χ0v) is 26.3. The number of carbonyl (C=O) groups is 2. The van der Waals surface area contributed by atoms with Crippen molar-refractivity contribution in [1.29, 1.82) is 0 Å². The number of benzene rings is 2. The van der Waals surface area contributed by atoms with Gasteiger partial charge in [0.05, 0.1) is 0 Å². The molecule has 2 aromatic rings. The summed E-state index contributed by atoms with van der Waals surface area (Å²) in [6.07, 6.45) is 16.2. The summed E-state index contributed by atoms with van der Waals surface area (Å²) in [5, 5.41) is 16.3. The highest BCUT2D eigenvalue weighted by Crippen LogP contribution is 2.30. The number of amides is 1. The standard InChI is InChI=1S/C35H50N2O3S/c1-25(2)12-8-10-16-29(22-27-14-6-5-7-15-27)36-24-28-18-19-31(32(23-28)30-17-11-9-13-26(30)3)34(38)37-33(35(39)40)20-21-41-4/h9,11-13,17-19,23,27,29,33,36H,5-8,10,14-16,20-22,24H2,1-4H3,(H,37,38)(H,39,40). The number of carboxylic acid groups (broad SMARTS) is 1. The Morgan fingerprint density at radius 3 is 2.49 bits per heavy atom. The number of carboxylic acids is 1. The molecule has 41 heavy (non-hydrogen) atoms. The molecule has 2 unspecified atom stereocenters. The van der Waals surface area contributed by atoms with Gasteiger partial charge in [-0.3, -0.25) is 4.79 Å². The molecule has 1 amide bonds. The molecule has 2 atom stereocenters. The first kappa shape index (κ1) is 32.9. The van der Waals surface area contributed by atoms with Gasteiger partial charge in [0.2, 0.25) is 0 Å². The van der Waals surface area contributed by atoms with Crippen molar-refractivity contribution < 1.29 is 14.7 Å². The van der Waals surface area contributed by atoms with Crippen molar-refractivity contribution in [1.82, 2.24) is 10.6 Å². The molecule has 3 N–H and O–H groups in total. The van der Waals surface area contributed by atoms with Crippen LogP contribution in [0.4, 0.5) is 0 Å². The molecule has 5 nitrogen and oxygen atoms in total. The minimum Gasteiger partial charge on any atom is -0.480 e. The van der Waals surface area contributed by atoms with E-state index >= 15 is 0 Å². The lowest BCUT2D eigenvalue weighted by molar-refractivity contribution is -0.139. The Kier molecular flexibility index (Phi) is 14.0. The summed E-state index contributed by atoms with van der Waals surface area (Å²) in [5.74, 6) is 0.139. The number of thioether (sulfide) groups is 1. The van der Waals surface area contributed by atoms with E-state index in [0.29, 0.717) is 23.8 Å². The first-order chi connectivity index (χ1) is 19.8. The SMILES string of the molecule is CSCCC(NC(=O)c1ccc(CNC(CCCC=C(C)C)CC2CCCCC2)cc1-c1ccccc1C)C(=O)O. The topological polar surface area (TPSA) is 78.4 Å². The van der Waals surface area contributed by atoms with Crippen LogP contribution in [0.2, 0.25) is 0 Å². The summed E-state index contributed by atoms with van der Waals surface area (Å²) in [5.41, 5.74) is 5.96. The van der Waals surface area contributed by atoms with E-state index in [1.165, 1.54) is 50.5 Å². The fraction of sp³-hybridized carbons (Fsp3) is 0.543. The van der Waals surface area contributed by atoms with E-state index in [1.54, 1.807) is 11.8 Å². The normalized spacial score (nSPS) is 15.2. The Bertz CT molecular complexity index is 1150. The minimum absolute atomic E-state index is 0.342. The van der Waals surface area contributed by atoms with Gasteiger partial charge in [0, 0.05) is 18.2 Å². The number of carbonyl (C=O) groups excluding carboxylic acids is 1. The van der Waals surface area contributed by atoms with Crippen molar-refractivity contribution in [2.24, 2.45) is 5.92 Å².